The number of nitrogens with two attached hydrogens (primary N) is 1. The van der Waals surface area contributed by atoms with Gasteiger partial charge in [0.15, 0.2) is 0 Å². The molecule has 0 spiro atoms. The minimum absolute atomic E-state index is 0.104. The number of hydrogen-bond donors (Lipinski definition) is 2. The molecule has 0 fully saturated rings. The molecule has 1 amide bonds. The molecule has 0 saturated heterocycles. The number of benzene rings is 1. The number of hydrogen-bond acceptors (Lipinski definition) is 3. The number of carbonyl (C=O) groups excluding carboxylic acids is 1. The van der Waals surface area contributed by atoms with E-state index in [1.165, 1.54) is 0 Å². The highest BCUT2D eigenvalue weighted by Crippen LogP contribution is 2.16. The van der Waals surface area contributed by atoms with Crippen LogP contribution in [0.25, 0.3) is 0 Å². The predicted molar refractivity (Wildman–Crippen MR) is 75.6 cm³/mol. The van der Waals surface area contributed by atoms with Crippen molar-refractivity contribution in [3.05, 3.63) is 59.9 Å². The van der Waals surface area contributed by atoms with Gasteiger partial charge < -0.3 is 11.1 Å². The van der Waals surface area contributed by atoms with E-state index in [4.69, 9.17) is 5.73 Å². The molecule has 2 rings (SSSR count). The summed E-state index contributed by atoms with van der Waals surface area (Å²) in [6, 6.07) is 11.2. The van der Waals surface area contributed by atoms with E-state index >= 15 is 0 Å². The Balaban J connectivity index is 1.97. The molecule has 2 aromatic rings. The lowest BCUT2D eigenvalue weighted by atomic mass is 10.0. The van der Waals surface area contributed by atoms with Crippen molar-refractivity contribution < 1.29 is 4.79 Å². The van der Waals surface area contributed by atoms with E-state index in [0.29, 0.717) is 0 Å². The summed E-state index contributed by atoms with van der Waals surface area (Å²) in [6.45, 7) is 1.93. The zero-order valence-electron chi connectivity index (χ0n) is 10.8. The molecule has 19 heavy (non-hydrogen) atoms. The van der Waals surface area contributed by atoms with Gasteiger partial charge in [-0.2, -0.15) is 0 Å². The summed E-state index contributed by atoms with van der Waals surface area (Å²) in [5.41, 5.74) is 8.68. The standard InChI is InChI=1S/C15H17N3O/c1-11-7-8-17-10-14(11)18-15(19)9-13(16)12-5-3-2-4-6-12/h2-8,10,13H,9,16H2,1H3,(H,18,19). The van der Waals surface area contributed by atoms with Crippen LogP contribution in [0.4, 0.5) is 5.69 Å². The van der Waals surface area contributed by atoms with Crippen LogP contribution >= 0.6 is 0 Å². The number of aromatic nitrogens is 1. The number of carbonyl (C=O) groups is 1. The first-order valence-corrected chi connectivity index (χ1v) is 6.18. The van der Waals surface area contributed by atoms with Gasteiger partial charge in [0, 0.05) is 18.7 Å². The minimum Gasteiger partial charge on any atom is -0.324 e. The van der Waals surface area contributed by atoms with Crippen LogP contribution in [0, 0.1) is 6.92 Å². The van der Waals surface area contributed by atoms with Crippen molar-refractivity contribution in [1.29, 1.82) is 0 Å². The monoisotopic (exact) mass is 255 g/mol. The van der Waals surface area contributed by atoms with Crippen molar-refractivity contribution in [3.8, 4) is 0 Å². The molecule has 0 aliphatic carbocycles. The maximum absolute atomic E-state index is 11.9. The fourth-order valence-electron chi connectivity index (χ4n) is 1.81. The molecular formula is C15H17N3O. The number of amides is 1. The lowest BCUT2D eigenvalue weighted by Gasteiger charge is -2.12. The number of nitrogens with zero attached hydrogens (tertiary/aromatic N) is 1. The normalized spacial score (nSPS) is 11.9. The summed E-state index contributed by atoms with van der Waals surface area (Å²) in [5, 5.41) is 2.83. The first-order valence-electron chi connectivity index (χ1n) is 6.18. The molecular weight excluding hydrogens is 238 g/mol. The molecule has 98 valence electrons. The molecule has 1 aromatic heterocycles. The van der Waals surface area contributed by atoms with Gasteiger partial charge in [0.2, 0.25) is 5.91 Å². The van der Waals surface area contributed by atoms with Crippen molar-refractivity contribution in [2.75, 3.05) is 5.32 Å². The number of rotatable bonds is 4. The number of aryl methyl sites for hydroxylation is 1. The van der Waals surface area contributed by atoms with Gasteiger partial charge in [-0.25, -0.2) is 0 Å². The summed E-state index contributed by atoms with van der Waals surface area (Å²) in [7, 11) is 0. The molecule has 4 nitrogen and oxygen atoms in total. The molecule has 3 N–H and O–H groups in total. The largest absolute Gasteiger partial charge is 0.324 e. The highest BCUT2D eigenvalue weighted by atomic mass is 16.1. The smallest absolute Gasteiger partial charge is 0.226 e. The first-order chi connectivity index (χ1) is 9.16. The van der Waals surface area contributed by atoms with Gasteiger partial charge in [-0.15, -0.1) is 0 Å². The van der Waals surface area contributed by atoms with E-state index in [-0.39, 0.29) is 18.4 Å². The molecule has 0 bridgehead atoms. The number of anilines is 1. The van der Waals surface area contributed by atoms with Crippen molar-refractivity contribution >= 4 is 11.6 Å². The lowest BCUT2D eigenvalue weighted by molar-refractivity contribution is -0.116. The predicted octanol–water partition coefficient (Wildman–Crippen LogP) is 2.42. The first kappa shape index (κ1) is 13.2. The van der Waals surface area contributed by atoms with Crippen LogP contribution in [-0.4, -0.2) is 10.9 Å². The van der Waals surface area contributed by atoms with E-state index in [0.717, 1.165) is 16.8 Å². The van der Waals surface area contributed by atoms with Gasteiger partial charge in [-0.1, -0.05) is 30.3 Å². The average molecular weight is 255 g/mol. The van der Waals surface area contributed by atoms with Gasteiger partial charge in [-0.3, -0.25) is 9.78 Å². The number of pyridine rings is 1. The molecule has 1 atom stereocenters. The van der Waals surface area contributed by atoms with Gasteiger partial charge >= 0.3 is 0 Å². The Labute approximate surface area is 112 Å². The lowest BCUT2D eigenvalue weighted by Crippen LogP contribution is -2.21. The third-order valence-electron chi connectivity index (χ3n) is 2.95. The topological polar surface area (TPSA) is 68.0 Å². The third-order valence-corrected chi connectivity index (χ3v) is 2.95. The fraction of sp³-hybridized carbons (Fsp3) is 0.200. The molecule has 1 aromatic carbocycles. The van der Waals surface area contributed by atoms with Crippen LogP contribution in [0.15, 0.2) is 48.8 Å². The van der Waals surface area contributed by atoms with Crippen LogP contribution in [0.2, 0.25) is 0 Å². The summed E-state index contributed by atoms with van der Waals surface area (Å²) >= 11 is 0. The molecule has 0 radical (unpaired) electrons. The molecule has 4 heteroatoms. The van der Waals surface area contributed by atoms with E-state index in [9.17, 15) is 4.79 Å². The van der Waals surface area contributed by atoms with Gasteiger partial charge in [0.1, 0.15) is 0 Å². The second-order valence-corrected chi connectivity index (χ2v) is 4.46. The van der Waals surface area contributed by atoms with Crippen molar-refractivity contribution in [2.45, 2.75) is 19.4 Å². The SMILES string of the molecule is Cc1ccncc1NC(=O)CC(N)c1ccccc1. The number of nitrogens with one attached hydrogen (secondary N) is 1. The Kier molecular flexibility index (Phi) is 4.26. The van der Waals surface area contributed by atoms with Crippen molar-refractivity contribution in [3.63, 3.8) is 0 Å². The Morgan fingerprint density at radius 1 is 1.32 bits per heavy atom. The molecule has 1 unspecified atom stereocenters. The van der Waals surface area contributed by atoms with E-state index < -0.39 is 0 Å². The van der Waals surface area contributed by atoms with E-state index in [1.807, 2.05) is 43.3 Å². The average Bonchev–Trinajstić information content (AvgIpc) is 2.42. The molecule has 1 heterocycles. The fourth-order valence-corrected chi connectivity index (χ4v) is 1.81. The minimum atomic E-state index is -0.293. The summed E-state index contributed by atoms with van der Waals surface area (Å²) in [5.74, 6) is -0.104. The zero-order valence-corrected chi connectivity index (χ0v) is 10.8. The van der Waals surface area contributed by atoms with Crippen LogP contribution in [0.1, 0.15) is 23.6 Å². The second kappa shape index (κ2) is 6.11. The summed E-state index contributed by atoms with van der Waals surface area (Å²) in [4.78, 5) is 15.9. The molecule has 0 aliphatic heterocycles. The van der Waals surface area contributed by atoms with Crippen molar-refractivity contribution in [2.24, 2.45) is 5.73 Å². The van der Waals surface area contributed by atoms with Gasteiger partial charge in [0.05, 0.1) is 11.9 Å². The van der Waals surface area contributed by atoms with Gasteiger partial charge in [0.25, 0.3) is 0 Å². The van der Waals surface area contributed by atoms with Gasteiger partial charge in [-0.05, 0) is 24.1 Å². The second-order valence-electron chi connectivity index (χ2n) is 4.46. The Bertz CT molecular complexity index is 554. The van der Waals surface area contributed by atoms with E-state index in [1.54, 1.807) is 12.4 Å². The third kappa shape index (κ3) is 3.63. The van der Waals surface area contributed by atoms with Crippen LogP contribution in [0.3, 0.4) is 0 Å². The van der Waals surface area contributed by atoms with Crippen molar-refractivity contribution in [1.82, 2.24) is 4.98 Å². The zero-order chi connectivity index (χ0) is 13.7. The van der Waals surface area contributed by atoms with Crippen LogP contribution in [-0.2, 0) is 4.79 Å². The van der Waals surface area contributed by atoms with Crippen LogP contribution < -0.4 is 11.1 Å². The Morgan fingerprint density at radius 3 is 2.74 bits per heavy atom. The molecule has 0 aliphatic rings. The summed E-state index contributed by atoms with van der Waals surface area (Å²) < 4.78 is 0. The van der Waals surface area contributed by atoms with E-state index in [2.05, 4.69) is 10.3 Å². The Morgan fingerprint density at radius 2 is 2.05 bits per heavy atom. The Hall–Kier alpha value is -2.20. The maximum atomic E-state index is 11.9. The molecule has 0 saturated carbocycles. The summed E-state index contributed by atoms with van der Waals surface area (Å²) in [6.07, 6.45) is 3.58. The highest BCUT2D eigenvalue weighted by Gasteiger charge is 2.12. The maximum Gasteiger partial charge on any atom is 0.226 e. The van der Waals surface area contributed by atoms with Crippen LogP contribution in [0.5, 0.6) is 0 Å². The highest BCUT2D eigenvalue weighted by molar-refractivity contribution is 5.91. The quantitative estimate of drug-likeness (QED) is 0.881.